The Morgan fingerprint density at radius 1 is 1.17 bits per heavy atom. The van der Waals surface area contributed by atoms with Crippen molar-refractivity contribution in [3.63, 3.8) is 0 Å². The van der Waals surface area contributed by atoms with Gasteiger partial charge in [-0.3, -0.25) is 14.6 Å². The van der Waals surface area contributed by atoms with E-state index in [0.29, 0.717) is 0 Å². The minimum Gasteiger partial charge on any atom is -0.480 e. The molecule has 3 aliphatic heterocycles. The molecule has 0 amide bonds. The molecule has 2 unspecified atom stereocenters. The van der Waals surface area contributed by atoms with Gasteiger partial charge in [0, 0.05) is 32.2 Å². The molecule has 3 saturated heterocycles. The summed E-state index contributed by atoms with van der Waals surface area (Å²) in [5.41, 5.74) is -0.609. The van der Waals surface area contributed by atoms with Gasteiger partial charge in [-0.2, -0.15) is 0 Å². The molecular formula is C13H23N3O2. The summed E-state index contributed by atoms with van der Waals surface area (Å²) >= 11 is 0. The summed E-state index contributed by atoms with van der Waals surface area (Å²) < 4.78 is 0. The van der Waals surface area contributed by atoms with Crippen molar-refractivity contribution in [3.05, 3.63) is 0 Å². The third-order valence-electron chi connectivity index (χ3n) is 4.97. The summed E-state index contributed by atoms with van der Waals surface area (Å²) in [4.78, 5) is 16.6. The van der Waals surface area contributed by atoms with Crippen molar-refractivity contribution in [2.45, 2.75) is 37.3 Å². The predicted octanol–water partition coefficient (Wildman–Crippen LogP) is -0.0268. The van der Waals surface area contributed by atoms with E-state index in [1.807, 2.05) is 0 Å². The second kappa shape index (κ2) is 4.79. The highest BCUT2D eigenvalue weighted by molar-refractivity contribution is 5.80. The molecule has 3 aliphatic rings. The van der Waals surface area contributed by atoms with Crippen LogP contribution in [-0.4, -0.2) is 71.7 Å². The van der Waals surface area contributed by atoms with Crippen molar-refractivity contribution in [2.24, 2.45) is 0 Å². The maximum Gasteiger partial charge on any atom is 0.325 e. The SMILES string of the molecule is O=C(O)C1(N2CCCNCC2)CCN2CCCC21. The van der Waals surface area contributed by atoms with Crippen molar-refractivity contribution >= 4 is 5.97 Å². The number of hydrogen-bond acceptors (Lipinski definition) is 4. The van der Waals surface area contributed by atoms with Gasteiger partial charge in [0.05, 0.1) is 0 Å². The predicted molar refractivity (Wildman–Crippen MR) is 68.6 cm³/mol. The lowest BCUT2D eigenvalue weighted by Crippen LogP contribution is -2.61. The summed E-state index contributed by atoms with van der Waals surface area (Å²) in [5.74, 6) is -0.598. The molecule has 0 bridgehead atoms. The van der Waals surface area contributed by atoms with Crippen LogP contribution in [0.25, 0.3) is 0 Å². The quantitative estimate of drug-likeness (QED) is 0.724. The van der Waals surface area contributed by atoms with E-state index < -0.39 is 11.5 Å². The molecule has 5 nitrogen and oxygen atoms in total. The van der Waals surface area contributed by atoms with Gasteiger partial charge in [0.2, 0.25) is 0 Å². The van der Waals surface area contributed by atoms with Crippen LogP contribution in [0.4, 0.5) is 0 Å². The first-order chi connectivity index (χ1) is 8.75. The molecule has 2 N–H and O–H groups in total. The molecule has 3 fully saturated rings. The van der Waals surface area contributed by atoms with Gasteiger partial charge in [-0.15, -0.1) is 0 Å². The normalized spacial score (nSPS) is 38.6. The molecule has 2 atom stereocenters. The van der Waals surface area contributed by atoms with E-state index in [2.05, 4.69) is 15.1 Å². The summed E-state index contributed by atoms with van der Waals surface area (Å²) in [6, 6.07) is 0.244. The number of carbonyl (C=O) groups is 1. The molecule has 0 aromatic rings. The van der Waals surface area contributed by atoms with Gasteiger partial charge in [-0.05, 0) is 38.8 Å². The van der Waals surface area contributed by atoms with Crippen LogP contribution >= 0.6 is 0 Å². The highest BCUT2D eigenvalue weighted by Crippen LogP contribution is 2.40. The number of carboxylic acid groups (broad SMARTS) is 1. The second-order valence-electron chi connectivity index (χ2n) is 5.76. The molecule has 0 radical (unpaired) electrons. The molecule has 3 heterocycles. The first-order valence-corrected chi connectivity index (χ1v) is 7.18. The Kier molecular flexibility index (Phi) is 3.30. The molecule has 0 aromatic heterocycles. The third kappa shape index (κ3) is 1.76. The Labute approximate surface area is 108 Å². The zero-order valence-corrected chi connectivity index (χ0v) is 10.9. The summed E-state index contributed by atoms with van der Waals surface area (Å²) in [7, 11) is 0. The van der Waals surface area contributed by atoms with E-state index >= 15 is 0 Å². The number of rotatable bonds is 2. The van der Waals surface area contributed by atoms with Gasteiger partial charge in [-0.25, -0.2) is 0 Å². The zero-order valence-electron chi connectivity index (χ0n) is 10.9. The van der Waals surface area contributed by atoms with Crippen LogP contribution in [-0.2, 0) is 4.79 Å². The van der Waals surface area contributed by atoms with Crippen LogP contribution < -0.4 is 5.32 Å². The van der Waals surface area contributed by atoms with Crippen molar-refractivity contribution in [1.82, 2.24) is 15.1 Å². The molecule has 5 heteroatoms. The minimum atomic E-state index is -0.609. The number of aliphatic carboxylic acids is 1. The Balaban J connectivity index is 1.88. The average molecular weight is 253 g/mol. The average Bonchev–Trinajstić information content (AvgIpc) is 2.83. The van der Waals surface area contributed by atoms with Crippen LogP contribution in [0.3, 0.4) is 0 Å². The van der Waals surface area contributed by atoms with Gasteiger partial charge < -0.3 is 10.4 Å². The van der Waals surface area contributed by atoms with Gasteiger partial charge in [-0.1, -0.05) is 0 Å². The summed E-state index contributed by atoms with van der Waals surface area (Å²) in [6.07, 6.45) is 4.07. The second-order valence-corrected chi connectivity index (χ2v) is 5.76. The van der Waals surface area contributed by atoms with Crippen LogP contribution in [0.5, 0.6) is 0 Å². The fourth-order valence-electron chi connectivity index (χ4n) is 4.11. The van der Waals surface area contributed by atoms with E-state index in [0.717, 1.165) is 65.0 Å². The topological polar surface area (TPSA) is 55.8 Å². The minimum absolute atomic E-state index is 0.244. The Hall–Kier alpha value is -0.650. The smallest absolute Gasteiger partial charge is 0.325 e. The summed E-state index contributed by atoms with van der Waals surface area (Å²) in [5, 5.41) is 13.2. The summed E-state index contributed by atoms with van der Waals surface area (Å²) in [6.45, 7) is 5.77. The van der Waals surface area contributed by atoms with Gasteiger partial charge in [0.1, 0.15) is 5.54 Å². The lowest BCUT2D eigenvalue weighted by atomic mass is 9.86. The van der Waals surface area contributed by atoms with Crippen molar-refractivity contribution < 1.29 is 9.90 Å². The molecule has 0 saturated carbocycles. The zero-order chi connectivity index (χ0) is 12.6. The number of carboxylic acids is 1. The molecule has 0 spiro atoms. The standard InChI is InChI=1S/C13H23N3O2/c17-12(18)13(16-8-2-5-14-6-10-16)4-9-15-7-1-3-11(13)15/h11,14H,1-10H2,(H,17,18). The molecule has 102 valence electrons. The van der Waals surface area contributed by atoms with Gasteiger partial charge in [0.15, 0.2) is 0 Å². The number of nitrogens with zero attached hydrogens (tertiary/aromatic N) is 2. The van der Waals surface area contributed by atoms with Crippen molar-refractivity contribution in [1.29, 1.82) is 0 Å². The molecule has 18 heavy (non-hydrogen) atoms. The van der Waals surface area contributed by atoms with Crippen LogP contribution in [0.2, 0.25) is 0 Å². The number of nitrogens with one attached hydrogen (secondary N) is 1. The fourth-order valence-corrected chi connectivity index (χ4v) is 4.11. The maximum atomic E-state index is 12.0. The molecular weight excluding hydrogens is 230 g/mol. The third-order valence-corrected chi connectivity index (χ3v) is 4.97. The first-order valence-electron chi connectivity index (χ1n) is 7.18. The number of fused-ring (bicyclic) bond motifs is 1. The van der Waals surface area contributed by atoms with Gasteiger partial charge >= 0.3 is 5.97 Å². The monoisotopic (exact) mass is 253 g/mol. The Bertz CT molecular complexity index is 328. The van der Waals surface area contributed by atoms with Gasteiger partial charge in [0.25, 0.3) is 0 Å². The van der Waals surface area contributed by atoms with Crippen molar-refractivity contribution in [2.75, 3.05) is 39.3 Å². The first kappa shape index (κ1) is 12.4. The highest BCUT2D eigenvalue weighted by atomic mass is 16.4. The number of hydrogen-bond donors (Lipinski definition) is 2. The van der Waals surface area contributed by atoms with E-state index in [-0.39, 0.29) is 6.04 Å². The van der Waals surface area contributed by atoms with Crippen molar-refractivity contribution in [3.8, 4) is 0 Å². The lowest BCUT2D eigenvalue weighted by molar-refractivity contribution is -0.153. The molecule has 0 aliphatic carbocycles. The largest absolute Gasteiger partial charge is 0.480 e. The lowest BCUT2D eigenvalue weighted by Gasteiger charge is -2.41. The van der Waals surface area contributed by atoms with Crippen LogP contribution in [0, 0.1) is 0 Å². The Morgan fingerprint density at radius 2 is 2.06 bits per heavy atom. The highest BCUT2D eigenvalue weighted by Gasteiger charge is 2.57. The maximum absolute atomic E-state index is 12.0. The fraction of sp³-hybridized carbons (Fsp3) is 0.923. The van der Waals surface area contributed by atoms with Crippen LogP contribution in [0.15, 0.2) is 0 Å². The van der Waals surface area contributed by atoms with E-state index in [4.69, 9.17) is 0 Å². The van der Waals surface area contributed by atoms with Crippen LogP contribution in [0.1, 0.15) is 25.7 Å². The van der Waals surface area contributed by atoms with E-state index in [1.54, 1.807) is 0 Å². The van der Waals surface area contributed by atoms with E-state index in [1.165, 1.54) is 0 Å². The molecule has 3 rings (SSSR count). The molecule has 0 aromatic carbocycles. The Morgan fingerprint density at radius 3 is 2.89 bits per heavy atom. The van der Waals surface area contributed by atoms with E-state index in [9.17, 15) is 9.90 Å².